The third-order valence-electron chi connectivity index (χ3n) is 5.28. The van der Waals surface area contributed by atoms with E-state index >= 15 is 0 Å². The van der Waals surface area contributed by atoms with Gasteiger partial charge in [-0.05, 0) is 0 Å². The van der Waals surface area contributed by atoms with Gasteiger partial charge in [0.25, 0.3) is 0 Å². The molecule has 0 aliphatic carbocycles. The maximum atomic E-state index is 2.86. The van der Waals surface area contributed by atoms with Gasteiger partial charge in [0, 0.05) is 0 Å². The van der Waals surface area contributed by atoms with Crippen LogP contribution < -0.4 is 0 Å². The number of unbranched alkanes of at least 4 members (excludes halogenated alkanes) is 9. The first-order valence-corrected chi connectivity index (χ1v) is 18.6. The van der Waals surface area contributed by atoms with Gasteiger partial charge in [0.15, 0.2) is 0 Å². The maximum absolute atomic E-state index is 2.86. The van der Waals surface area contributed by atoms with Crippen LogP contribution >= 0.6 is 0 Å². The molecule has 1 heteroatoms. The number of hydrogen-bond acceptors (Lipinski definition) is 0. The molecule has 0 fully saturated rings. The van der Waals surface area contributed by atoms with Crippen LogP contribution in [0.15, 0.2) is 10.2 Å². The first-order valence-electron chi connectivity index (χ1n) is 10.9. The molecule has 0 atom stereocenters. The second-order valence-corrected chi connectivity index (χ2v) is 20.6. The minimum absolute atomic E-state index is 1.36. The van der Waals surface area contributed by atoms with E-state index in [2.05, 4.69) is 37.9 Å². The Kier molecular flexibility index (Phi) is 17.8. The fourth-order valence-corrected chi connectivity index (χ4v) is 18.1. The quantitative estimate of drug-likeness (QED) is 0.160. The van der Waals surface area contributed by atoms with E-state index < -0.39 is 18.4 Å². The van der Waals surface area contributed by atoms with Crippen LogP contribution in [0.4, 0.5) is 0 Å². The van der Waals surface area contributed by atoms with Crippen molar-refractivity contribution < 1.29 is 0 Å². The summed E-state index contributed by atoms with van der Waals surface area (Å²) in [5, 5.41) is 0. The van der Waals surface area contributed by atoms with Gasteiger partial charge in [-0.3, -0.25) is 0 Å². The molecule has 0 nitrogen and oxygen atoms in total. The molecule has 0 unspecified atom stereocenters. The van der Waals surface area contributed by atoms with Crippen LogP contribution in [0, 0.1) is 0 Å². The van der Waals surface area contributed by atoms with E-state index in [1.54, 1.807) is 13.3 Å². The molecule has 0 aromatic heterocycles. The molecule has 0 saturated heterocycles. The summed E-state index contributed by atoms with van der Waals surface area (Å²) in [6, 6.07) is 0. The summed E-state index contributed by atoms with van der Waals surface area (Å²) in [6.45, 7) is 9.42. The Labute approximate surface area is 152 Å². The van der Waals surface area contributed by atoms with Crippen LogP contribution in [0.5, 0.6) is 0 Å². The molecule has 138 valence electrons. The van der Waals surface area contributed by atoms with Crippen molar-refractivity contribution in [2.45, 2.75) is 124 Å². The van der Waals surface area contributed by atoms with E-state index in [-0.39, 0.29) is 0 Å². The van der Waals surface area contributed by atoms with Crippen LogP contribution in [-0.4, -0.2) is 18.4 Å². The van der Waals surface area contributed by atoms with Crippen molar-refractivity contribution in [2.24, 2.45) is 0 Å². The van der Waals surface area contributed by atoms with E-state index in [0.29, 0.717) is 0 Å². The Morgan fingerprint density at radius 3 is 1.43 bits per heavy atom. The zero-order valence-electron chi connectivity index (χ0n) is 17.0. The van der Waals surface area contributed by atoms with E-state index in [9.17, 15) is 0 Å². The first-order chi connectivity index (χ1) is 11.2. The van der Waals surface area contributed by atoms with Gasteiger partial charge in [0.1, 0.15) is 0 Å². The van der Waals surface area contributed by atoms with Gasteiger partial charge >= 0.3 is 153 Å². The average molecular weight is 429 g/mol. The molecule has 0 aromatic rings. The van der Waals surface area contributed by atoms with Crippen LogP contribution in [0.2, 0.25) is 13.3 Å². The van der Waals surface area contributed by atoms with Gasteiger partial charge < -0.3 is 0 Å². The van der Waals surface area contributed by atoms with Crippen molar-refractivity contribution in [1.82, 2.24) is 0 Å². The third kappa shape index (κ3) is 13.5. The van der Waals surface area contributed by atoms with Crippen molar-refractivity contribution in [2.75, 3.05) is 0 Å². The monoisotopic (exact) mass is 430 g/mol. The molecule has 0 aliphatic rings. The standard InChI is InChI=1S/C10H19.3C4H9.Sn/c1-3-5-7-9-10-8-6-4-2;3*1-3-4-2;/h1,3H,4-10H2,2H3;3*1,3-4H2,2H3;. The normalized spacial score (nSPS) is 12.3. The van der Waals surface area contributed by atoms with Gasteiger partial charge in [-0.25, -0.2) is 0 Å². The molecule has 0 spiro atoms. The van der Waals surface area contributed by atoms with Crippen molar-refractivity contribution in [3.63, 3.8) is 0 Å². The Morgan fingerprint density at radius 1 is 0.522 bits per heavy atom. The molecule has 0 amide bonds. The van der Waals surface area contributed by atoms with Gasteiger partial charge in [0.2, 0.25) is 0 Å². The summed E-state index contributed by atoms with van der Waals surface area (Å²) >= 11 is -1.96. The van der Waals surface area contributed by atoms with E-state index in [1.807, 2.05) is 0 Å². The van der Waals surface area contributed by atoms with Crippen molar-refractivity contribution >= 4 is 18.4 Å². The zero-order chi connectivity index (χ0) is 17.2. The third-order valence-corrected chi connectivity index (χ3v) is 19.5. The molecule has 0 saturated carbocycles. The van der Waals surface area contributed by atoms with Gasteiger partial charge in [0.05, 0.1) is 0 Å². The van der Waals surface area contributed by atoms with Crippen LogP contribution in [0.1, 0.15) is 111 Å². The summed E-state index contributed by atoms with van der Waals surface area (Å²) in [7, 11) is 0. The van der Waals surface area contributed by atoms with Crippen molar-refractivity contribution in [3.8, 4) is 0 Å². The van der Waals surface area contributed by atoms with Gasteiger partial charge in [-0.2, -0.15) is 0 Å². The van der Waals surface area contributed by atoms with Crippen molar-refractivity contribution in [3.05, 3.63) is 10.2 Å². The fraction of sp³-hybridized carbons (Fsp3) is 0.909. The summed E-state index contributed by atoms with van der Waals surface area (Å²) < 4.78 is 7.73. The Balaban J connectivity index is 4.35. The molecule has 0 bridgehead atoms. The molecular formula is C22H46Sn. The van der Waals surface area contributed by atoms with E-state index in [1.165, 1.54) is 83.5 Å². The first kappa shape index (κ1) is 23.5. The summed E-state index contributed by atoms with van der Waals surface area (Å²) in [5.41, 5.74) is 0. The summed E-state index contributed by atoms with van der Waals surface area (Å²) in [6.07, 6.45) is 21.2. The molecule has 0 N–H and O–H groups in total. The van der Waals surface area contributed by atoms with E-state index in [0.717, 1.165) is 0 Å². The second-order valence-electron chi connectivity index (χ2n) is 7.63. The molecule has 23 heavy (non-hydrogen) atoms. The second kappa shape index (κ2) is 17.4. The predicted molar refractivity (Wildman–Crippen MR) is 112 cm³/mol. The van der Waals surface area contributed by atoms with Crippen LogP contribution in [0.25, 0.3) is 0 Å². The van der Waals surface area contributed by atoms with Gasteiger partial charge in [-0.15, -0.1) is 0 Å². The Bertz CT molecular complexity index is 235. The minimum atomic E-state index is -1.96. The molecular weight excluding hydrogens is 383 g/mol. The zero-order valence-corrected chi connectivity index (χ0v) is 19.8. The molecule has 0 aromatic carbocycles. The predicted octanol–water partition coefficient (Wildman–Crippen LogP) is 8.68. The average Bonchev–Trinajstić information content (AvgIpc) is 2.58. The summed E-state index contributed by atoms with van der Waals surface area (Å²) in [4.78, 5) is 0. The number of rotatable bonds is 17. The van der Waals surface area contributed by atoms with Crippen LogP contribution in [0.3, 0.4) is 0 Å². The number of allylic oxidation sites excluding steroid dienone is 1. The molecule has 0 rings (SSSR count). The van der Waals surface area contributed by atoms with Gasteiger partial charge in [-0.1, -0.05) is 0 Å². The fourth-order valence-electron chi connectivity index (χ4n) is 3.59. The molecule has 0 radical (unpaired) electrons. The topological polar surface area (TPSA) is 0 Å². The van der Waals surface area contributed by atoms with Crippen LogP contribution in [-0.2, 0) is 0 Å². The summed E-state index contributed by atoms with van der Waals surface area (Å²) in [5.74, 6) is 0. The number of hydrogen-bond donors (Lipinski definition) is 0. The van der Waals surface area contributed by atoms with Crippen molar-refractivity contribution in [1.29, 1.82) is 0 Å². The SMILES string of the molecule is CCCCCCCC/C=[CH]/[Sn]([CH2]CCC)([CH2]CCC)[CH2]CCC. The van der Waals surface area contributed by atoms with E-state index in [4.69, 9.17) is 0 Å². The molecule has 0 aliphatic heterocycles. The Morgan fingerprint density at radius 2 is 0.957 bits per heavy atom. The molecule has 0 heterocycles. The Hall–Kier alpha value is 0.539.